The van der Waals surface area contributed by atoms with Gasteiger partial charge in [0.2, 0.25) is 5.91 Å². The second kappa shape index (κ2) is 11.9. The zero-order valence-electron chi connectivity index (χ0n) is 21.8. The number of ether oxygens (including phenoxy) is 2. The molecule has 0 saturated carbocycles. The van der Waals surface area contributed by atoms with Crippen molar-refractivity contribution in [3.8, 4) is 11.5 Å². The van der Waals surface area contributed by atoms with Crippen LogP contribution in [0.3, 0.4) is 0 Å². The summed E-state index contributed by atoms with van der Waals surface area (Å²) in [6, 6.07) is 20.5. The van der Waals surface area contributed by atoms with Gasteiger partial charge in [0.25, 0.3) is 0 Å². The van der Waals surface area contributed by atoms with E-state index in [1.165, 1.54) is 11.8 Å². The fourth-order valence-electron chi connectivity index (χ4n) is 4.46. The maximum absolute atomic E-state index is 13.6. The van der Waals surface area contributed by atoms with Crippen molar-refractivity contribution in [1.82, 2.24) is 0 Å². The maximum atomic E-state index is 13.6. The number of benzene rings is 3. The highest BCUT2D eigenvalue weighted by molar-refractivity contribution is 8.00. The molecule has 5 rings (SSSR count). The molecule has 200 valence electrons. The first-order valence-corrected chi connectivity index (χ1v) is 14.2. The molecule has 0 radical (unpaired) electrons. The number of urea groups is 1. The van der Waals surface area contributed by atoms with Crippen LogP contribution in [0.15, 0.2) is 101 Å². The molecule has 3 aromatic rings. The lowest BCUT2D eigenvalue weighted by atomic mass is 10.1. The van der Waals surface area contributed by atoms with E-state index in [-0.39, 0.29) is 23.2 Å². The van der Waals surface area contributed by atoms with Gasteiger partial charge >= 0.3 is 6.03 Å². The molecule has 0 aromatic heterocycles. The highest BCUT2D eigenvalue weighted by atomic mass is 32.2. The van der Waals surface area contributed by atoms with Gasteiger partial charge in [-0.1, -0.05) is 42.5 Å². The number of hydrogen-bond acceptors (Lipinski definition) is 6. The van der Waals surface area contributed by atoms with Crippen molar-refractivity contribution in [3.63, 3.8) is 0 Å². The number of nitrogens with zero attached hydrogens (tertiary/aromatic N) is 1. The third-order valence-electron chi connectivity index (χ3n) is 6.39. The van der Waals surface area contributed by atoms with Crippen LogP contribution in [0.25, 0.3) is 0 Å². The molecule has 3 aromatic carbocycles. The summed E-state index contributed by atoms with van der Waals surface area (Å²) in [5, 5.41) is 5.75. The second-order valence-corrected chi connectivity index (χ2v) is 11.6. The van der Waals surface area contributed by atoms with Crippen LogP contribution in [-0.2, 0) is 4.79 Å². The number of para-hydroxylation sites is 1. The molecule has 7 nitrogen and oxygen atoms in total. The third-order valence-corrected chi connectivity index (χ3v) is 8.79. The molecule has 2 N–H and O–H groups in total. The van der Waals surface area contributed by atoms with Gasteiger partial charge < -0.3 is 20.1 Å². The van der Waals surface area contributed by atoms with Crippen molar-refractivity contribution in [3.05, 3.63) is 91.0 Å². The largest absolute Gasteiger partial charge is 0.497 e. The minimum absolute atomic E-state index is 0.0789. The first-order chi connectivity index (χ1) is 19.0. The molecule has 2 aliphatic rings. The zero-order valence-corrected chi connectivity index (χ0v) is 23.4. The normalized spacial score (nSPS) is 18.0. The van der Waals surface area contributed by atoms with Crippen molar-refractivity contribution in [2.75, 3.05) is 29.8 Å². The summed E-state index contributed by atoms with van der Waals surface area (Å²) in [7, 11) is 3.13. The molecule has 9 heteroatoms. The molecule has 1 heterocycles. The van der Waals surface area contributed by atoms with E-state index in [1.807, 2.05) is 72.5 Å². The number of allylic oxidation sites excluding steroid dienone is 2. The van der Waals surface area contributed by atoms with E-state index in [0.29, 0.717) is 22.9 Å². The lowest BCUT2D eigenvalue weighted by molar-refractivity contribution is -0.115. The summed E-state index contributed by atoms with van der Waals surface area (Å²) < 4.78 is 10.6. The number of anilines is 3. The van der Waals surface area contributed by atoms with Gasteiger partial charge in [0.15, 0.2) is 0 Å². The summed E-state index contributed by atoms with van der Waals surface area (Å²) >= 11 is 3.17. The van der Waals surface area contributed by atoms with Crippen molar-refractivity contribution in [2.24, 2.45) is 0 Å². The lowest BCUT2D eigenvalue weighted by Crippen LogP contribution is -2.49. The topological polar surface area (TPSA) is 79.9 Å². The Hall–Kier alpha value is -3.82. The van der Waals surface area contributed by atoms with E-state index in [2.05, 4.69) is 22.8 Å². The Bertz CT molecular complexity index is 1440. The molecule has 0 saturated heterocycles. The van der Waals surface area contributed by atoms with Gasteiger partial charge in [-0.05, 0) is 49.4 Å². The van der Waals surface area contributed by atoms with E-state index in [1.54, 1.807) is 44.2 Å². The van der Waals surface area contributed by atoms with Crippen molar-refractivity contribution >= 4 is 52.5 Å². The van der Waals surface area contributed by atoms with Gasteiger partial charge in [0.1, 0.15) is 11.5 Å². The molecule has 0 fully saturated rings. The number of nitrogens with one attached hydrogen (secondary N) is 2. The van der Waals surface area contributed by atoms with Crippen LogP contribution in [0.1, 0.15) is 6.92 Å². The second-order valence-electron chi connectivity index (χ2n) is 8.95. The van der Waals surface area contributed by atoms with E-state index in [4.69, 9.17) is 9.47 Å². The average molecular weight is 560 g/mol. The highest BCUT2D eigenvalue weighted by Gasteiger charge is 2.36. The Balaban J connectivity index is 1.28. The molecule has 3 unspecified atom stereocenters. The van der Waals surface area contributed by atoms with Gasteiger partial charge in [0.05, 0.1) is 42.1 Å². The van der Waals surface area contributed by atoms with E-state index < -0.39 is 5.25 Å². The Labute approximate surface area is 236 Å². The predicted octanol–water partition coefficient (Wildman–Crippen LogP) is 6.83. The molecule has 1 aliphatic carbocycles. The number of amides is 3. The van der Waals surface area contributed by atoms with E-state index in [0.717, 1.165) is 15.5 Å². The Morgan fingerprint density at radius 1 is 0.949 bits per heavy atom. The lowest BCUT2D eigenvalue weighted by Gasteiger charge is -2.40. The molecule has 0 spiro atoms. The maximum Gasteiger partial charge on any atom is 0.326 e. The molecule has 3 atom stereocenters. The quantitative estimate of drug-likeness (QED) is 0.309. The fraction of sp³-hybridized carbons (Fsp3) is 0.200. The number of carbonyl (C=O) groups excluding carboxylic acids is 2. The summed E-state index contributed by atoms with van der Waals surface area (Å²) in [6.07, 6.45) is 8.22. The minimum Gasteiger partial charge on any atom is -0.497 e. The summed E-state index contributed by atoms with van der Waals surface area (Å²) in [5.74, 6) is 0.997. The number of fused-ring (bicyclic) bond motifs is 2. The van der Waals surface area contributed by atoms with E-state index >= 15 is 0 Å². The van der Waals surface area contributed by atoms with Crippen LogP contribution in [0, 0.1) is 0 Å². The predicted molar refractivity (Wildman–Crippen MR) is 160 cm³/mol. The fourth-order valence-corrected chi connectivity index (χ4v) is 6.64. The van der Waals surface area contributed by atoms with Crippen molar-refractivity contribution in [1.29, 1.82) is 0 Å². The number of thioether (sulfide) groups is 2. The summed E-state index contributed by atoms with van der Waals surface area (Å²) in [5.41, 5.74) is 2.10. The zero-order chi connectivity index (χ0) is 27.4. The number of rotatable bonds is 7. The Morgan fingerprint density at radius 3 is 2.59 bits per heavy atom. The number of hydrogen-bond donors (Lipinski definition) is 2. The Kier molecular flexibility index (Phi) is 8.18. The first-order valence-electron chi connectivity index (χ1n) is 12.5. The van der Waals surface area contributed by atoms with Crippen molar-refractivity contribution < 1.29 is 19.1 Å². The van der Waals surface area contributed by atoms with Crippen LogP contribution in [0.4, 0.5) is 21.9 Å². The molecule has 39 heavy (non-hydrogen) atoms. The van der Waals surface area contributed by atoms with E-state index in [9.17, 15) is 9.59 Å². The van der Waals surface area contributed by atoms with Crippen LogP contribution in [0.5, 0.6) is 11.5 Å². The smallest absolute Gasteiger partial charge is 0.326 e. The third kappa shape index (κ3) is 5.94. The SMILES string of the molecule is COc1ccc(OC)c(NC(=O)C(C)Sc2cccc(NC(=O)N3c4ccccc4SC4C=CC=CC43)c2)c1. The number of carbonyl (C=O) groups is 2. The Morgan fingerprint density at radius 2 is 1.77 bits per heavy atom. The minimum atomic E-state index is -0.405. The average Bonchev–Trinajstić information content (AvgIpc) is 2.95. The van der Waals surface area contributed by atoms with Gasteiger partial charge in [0, 0.05) is 21.5 Å². The molecular weight excluding hydrogens is 530 g/mol. The summed E-state index contributed by atoms with van der Waals surface area (Å²) in [6.45, 7) is 1.84. The molecular formula is C30H29N3O4S2. The summed E-state index contributed by atoms with van der Waals surface area (Å²) in [4.78, 5) is 30.3. The van der Waals surface area contributed by atoms with Gasteiger partial charge in [-0.15, -0.1) is 23.5 Å². The molecule has 1 aliphatic heterocycles. The molecule has 0 bridgehead atoms. The van der Waals surface area contributed by atoms with Crippen LogP contribution in [-0.4, -0.2) is 42.7 Å². The highest BCUT2D eigenvalue weighted by Crippen LogP contribution is 2.43. The van der Waals surface area contributed by atoms with Crippen LogP contribution in [0.2, 0.25) is 0 Å². The van der Waals surface area contributed by atoms with Gasteiger partial charge in [-0.25, -0.2) is 4.79 Å². The van der Waals surface area contributed by atoms with Crippen LogP contribution >= 0.6 is 23.5 Å². The van der Waals surface area contributed by atoms with Crippen LogP contribution < -0.4 is 25.0 Å². The molecule has 3 amide bonds. The first kappa shape index (κ1) is 26.8. The van der Waals surface area contributed by atoms with Gasteiger partial charge in [-0.2, -0.15) is 0 Å². The van der Waals surface area contributed by atoms with Crippen molar-refractivity contribution in [2.45, 2.75) is 33.3 Å². The van der Waals surface area contributed by atoms with Gasteiger partial charge in [-0.3, -0.25) is 9.69 Å². The monoisotopic (exact) mass is 559 g/mol. The standard InChI is InChI=1S/C30H29N3O4S2/c1-19(29(34)32-23-18-21(36-2)15-16-26(23)37-3)38-22-10-8-9-20(17-22)31-30(35)33-24-11-4-6-13-27(24)39-28-14-7-5-12-25(28)33/h4-19,24,27H,1-3H3,(H,31,35)(H,32,34). The number of methoxy groups -OCH3 is 2.